The third-order valence-corrected chi connectivity index (χ3v) is 12.4. The van der Waals surface area contributed by atoms with Gasteiger partial charge in [0, 0.05) is 12.8 Å². The Bertz CT molecular complexity index is 1910. The molecule has 12 heteroatoms. The molecule has 0 aliphatic heterocycles. The summed E-state index contributed by atoms with van der Waals surface area (Å²) in [5.41, 5.74) is 0. The van der Waals surface area contributed by atoms with Gasteiger partial charge in [0.25, 0.3) is 0 Å². The Morgan fingerprint density at radius 2 is 0.744 bits per heavy atom. The topological polar surface area (TPSA) is 155 Å². The molecule has 0 aliphatic carbocycles. The molecule has 0 fully saturated rings. The smallest absolute Gasteiger partial charge is 0.462 e. The maximum atomic E-state index is 12.9. The lowest BCUT2D eigenvalue weighted by Crippen LogP contribution is -2.30. The van der Waals surface area contributed by atoms with Crippen molar-refractivity contribution in [1.82, 2.24) is 0 Å². The summed E-state index contributed by atoms with van der Waals surface area (Å²) < 4.78 is 39.3. The van der Waals surface area contributed by atoms with Crippen LogP contribution in [0.15, 0.2) is 158 Å². The highest BCUT2D eigenvalue weighted by molar-refractivity contribution is 7.47. The Labute approximate surface area is 473 Å². The van der Waals surface area contributed by atoms with Crippen LogP contribution in [-0.4, -0.2) is 66.5 Å². The van der Waals surface area contributed by atoms with E-state index in [0.29, 0.717) is 25.7 Å². The highest BCUT2D eigenvalue weighted by Crippen LogP contribution is 2.43. The van der Waals surface area contributed by atoms with Gasteiger partial charge in [-0.25, -0.2) is 4.57 Å². The lowest BCUT2D eigenvalue weighted by molar-refractivity contribution is -0.161. The SMILES string of the molecule is CC/C=C\C/C=C\C/C=C\C/C=C\C/C=C\C/C=C\CCC(=O)OC(COC(=O)CCCCCCCCC/C=C\C/C=C\CCCCC)COP(=O)(O)OCC(CO)OC(=O)C/C=C\C/C=C\C/C=C\C/C=C\C/C=C\CC. The van der Waals surface area contributed by atoms with Gasteiger partial charge >= 0.3 is 25.7 Å². The zero-order chi connectivity index (χ0) is 56.9. The Morgan fingerprint density at radius 1 is 0.385 bits per heavy atom. The molecule has 3 atom stereocenters. The average molecular weight is 1100 g/mol. The van der Waals surface area contributed by atoms with Crippen molar-refractivity contribution >= 4 is 25.7 Å². The maximum absolute atomic E-state index is 12.9. The normalized spacial score (nSPS) is 14.5. The van der Waals surface area contributed by atoms with Gasteiger partial charge in [-0.15, -0.1) is 0 Å². The quantitative estimate of drug-likeness (QED) is 0.0197. The third kappa shape index (κ3) is 55.8. The minimum atomic E-state index is -4.81. The molecule has 0 saturated heterocycles. The number of hydrogen-bond donors (Lipinski definition) is 2. The van der Waals surface area contributed by atoms with Crippen LogP contribution in [0.5, 0.6) is 0 Å². The molecule has 0 aromatic heterocycles. The van der Waals surface area contributed by atoms with Gasteiger partial charge in [-0.2, -0.15) is 0 Å². The highest BCUT2D eigenvalue weighted by atomic mass is 31.2. The molecular formula is C66H103O11P. The first-order valence-electron chi connectivity index (χ1n) is 29.4. The fourth-order valence-electron chi connectivity index (χ4n) is 7.07. The minimum Gasteiger partial charge on any atom is -0.462 e. The van der Waals surface area contributed by atoms with Crippen molar-refractivity contribution in [1.29, 1.82) is 0 Å². The van der Waals surface area contributed by atoms with Gasteiger partial charge in [-0.1, -0.05) is 224 Å². The molecule has 0 saturated carbocycles. The molecule has 78 heavy (non-hydrogen) atoms. The number of phosphoric ester groups is 1. The van der Waals surface area contributed by atoms with Crippen LogP contribution in [0.2, 0.25) is 0 Å². The minimum absolute atomic E-state index is 0.0244. The van der Waals surface area contributed by atoms with Gasteiger partial charge < -0.3 is 24.2 Å². The second-order valence-corrected chi connectivity index (χ2v) is 20.2. The summed E-state index contributed by atoms with van der Waals surface area (Å²) in [4.78, 5) is 48.5. The van der Waals surface area contributed by atoms with E-state index in [0.717, 1.165) is 96.3 Å². The molecule has 438 valence electrons. The fourth-order valence-corrected chi connectivity index (χ4v) is 7.86. The number of ether oxygens (including phenoxy) is 3. The van der Waals surface area contributed by atoms with E-state index >= 15 is 0 Å². The van der Waals surface area contributed by atoms with Crippen molar-refractivity contribution in [3.8, 4) is 0 Å². The molecule has 0 spiro atoms. The van der Waals surface area contributed by atoms with Gasteiger partial charge in [0.2, 0.25) is 0 Å². The molecule has 0 radical (unpaired) electrons. The van der Waals surface area contributed by atoms with Crippen LogP contribution in [0.3, 0.4) is 0 Å². The first-order chi connectivity index (χ1) is 38.2. The number of carbonyl (C=O) groups excluding carboxylic acids is 3. The van der Waals surface area contributed by atoms with Gasteiger partial charge in [0.05, 0.1) is 26.2 Å². The van der Waals surface area contributed by atoms with E-state index in [2.05, 4.69) is 142 Å². The van der Waals surface area contributed by atoms with Crippen molar-refractivity contribution in [2.75, 3.05) is 26.4 Å². The van der Waals surface area contributed by atoms with Gasteiger partial charge in [-0.3, -0.25) is 23.4 Å². The van der Waals surface area contributed by atoms with Gasteiger partial charge in [-0.05, 0) is 116 Å². The van der Waals surface area contributed by atoms with E-state index < -0.39 is 57.8 Å². The fraction of sp³-hybridized carbons (Fsp3) is 0.561. The van der Waals surface area contributed by atoms with Crippen molar-refractivity contribution in [2.24, 2.45) is 0 Å². The lowest BCUT2D eigenvalue weighted by atomic mass is 10.1. The number of aliphatic hydroxyl groups excluding tert-OH is 1. The summed E-state index contributed by atoms with van der Waals surface area (Å²) in [6.45, 7) is 4.16. The molecule has 11 nitrogen and oxygen atoms in total. The van der Waals surface area contributed by atoms with Crippen LogP contribution in [0.4, 0.5) is 0 Å². The summed E-state index contributed by atoms with van der Waals surface area (Å²) in [6.07, 6.45) is 76.7. The predicted molar refractivity (Wildman–Crippen MR) is 325 cm³/mol. The number of esters is 3. The Balaban J connectivity index is 4.96. The predicted octanol–water partition coefficient (Wildman–Crippen LogP) is 17.7. The molecule has 0 bridgehead atoms. The first-order valence-corrected chi connectivity index (χ1v) is 30.9. The van der Waals surface area contributed by atoms with Gasteiger partial charge in [0.1, 0.15) is 12.7 Å². The van der Waals surface area contributed by atoms with E-state index in [1.165, 1.54) is 38.5 Å². The average Bonchev–Trinajstić information content (AvgIpc) is 3.43. The second kappa shape index (κ2) is 58.3. The molecule has 0 heterocycles. The summed E-state index contributed by atoms with van der Waals surface area (Å²) in [6, 6.07) is 0. The number of rotatable bonds is 52. The summed E-state index contributed by atoms with van der Waals surface area (Å²) >= 11 is 0. The maximum Gasteiger partial charge on any atom is 0.472 e. The van der Waals surface area contributed by atoms with Crippen LogP contribution < -0.4 is 0 Å². The number of allylic oxidation sites excluding steroid dienone is 25. The number of carbonyl (C=O) groups is 3. The largest absolute Gasteiger partial charge is 0.472 e. The summed E-state index contributed by atoms with van der Waals surface area (Å²) in [7, 11) is -4.81. The molecular weight excluding hydrogens is 1000 g/mol. The standard InChI is InChI=1S/C66H103O11P/c1-4-7-10-13-16-19-22-25-28-30-31-33-36-39-42-45-48-51-54-57-66(70)77-63(59-73-64(68)55-52-49-46-43-40-37-35-32-29-26-23-20-17-14-11-8-5-2)61-75-78(71,72)74-60-62(58-67)76-65(69)56-53-50-47-44-41-38-34-27-24-21-18-15-12-9-6-3/h7,9-10,12,16-21,25-29,31,33-34,39,41-42,44,48,50-51,53,62-63,67H,4-6,8,11,13-15,22-24,30,32,35-38,40,43,45-47,49,52,54-61H2,1-3H3,(H,71,72)/b10-7-,12-9-,19-16-,20-17-,21-18-,28-25-,29-26-,33-31-,34-27-,42-39-,44-41-,51-48-,53-50-. The van der Waals surface area contributed by atoms with Crippen LogP contribution in [0.25, 0.3) is 0 Å². The molecule has 3 unspecified atom stereocenters. The lowest BCUT2D eigenvalue weighted by Gasteiger charge is -2.21. The van der Waals surface area contributed by atoms with Crippen LogP contribution in [0, 0.1) is 0 Å². The van der Waals surface area contributed by atoms with E-state index in [1.54, 1.807) is 6.08 Å². The highest BCUT2D eigenvalue weighted by Gasteiger charge is 2.28. The first kappa shape index (κ1) is 73.1. The molecule has 0 aliphatic rings. The zero-order valence-electron chi connectivity index (χ0n) is 48.3. The van der Waals surface area contributed by atoms with Crippen LogP contribution in [0.1, 0.15) is 201 Å². The summed E-state index contributed by atoms with van der Waals surface area (Å²) in [5, 5.41) is 9.80. The number of unbranched alkanes of at least 4 members (excludes halogenated alkanes) is 10. The molecule has 2 N–H and O–H groups in total. The van der Waals surface area contributed by atoms with E-state index in [9.17, 15) is 28.9 Å². The Morgan fingerprint density at radius 3 is 1.18 bits per heavy atom. The second-order valence-electron chi connectivity index (χ2n) is 18.7. The van der Waals surface area contributed by atoms with Crippen LogP contribution >= 0.6 is 7.82 Å². The van der Waals surface area contributed by atoms with E-state index in [-0.39, 0.29) is 25.9 Å². The Kier molecular flexibility index (Phi) is 54.6. The molecule has 0 amide bonds. The van der Waals surface area contributed by atoms with Crippen molar-refractivity contribution in [3.05, 3.63) is 158 Å². The van der Waals surface area contributed by atoms with Crippen molar-refractivity contribution in [3.63, 3.8) is 0 Å². The monoisotopic (exact) mass is 1100 g/mol. The van der Waals surface area contributed by atoms with Gasteiger partial charge in [0.15, 0.2) is 6.10 Å². The third-order valence-electron chi connectivity index (χ3n) is 11.5. The molecule has 0 rings (SSSR count). The van der Waals surface area contributed by atoms with Crippen LogP contribution in [-0.2, 0) is 42.2 Å². The number of aliphatic hydroxyl groups is 1. The van der Waals surface area contributed by atoms with Crippen molar-refractivity contribution < 1.29 is 52.2 Å². The van der Waals surface area contributed by atoms with E-state index in [1.807, 2.05) is 30.4 Å². The molecule has 0 aromatic rings. The summed E-state index contributed by atoms with van der Waals surface area (Å²) in [5.74, 6) is -1.73. The van der Waals surface area contributed by atoms with E-state index in [4.69, 9.17) is 23.3 Å². The molecule has 0 aromatic carbocycles. The number of phosphoric acid groups is 1. The van der Waals surface area contributed by atoms with Crippen molar-refractivity contribution in [2.45, 2.75) is 213 Å². The number of hydrogen-bond acceptors (Lipinski definition) is 10. The zero-order valence-corrected chi connectivity index (χ0v) is 49.2. The Hall–Kier alpha value is -4.90.